The second-order valence-corrected chi connectivity index (χ2v) is 19.2. The molecule has 316 valence electrons. The van der Waals surface area contributed by atoms with Crippen molar-refractivity contribution in [2.45, 2.75) is 125 Å². The highest BCUT2D eigenvalue weighted by Crippen LogP contribution is 2.48. The highest BCUT2D eigenvalue weighted by Gasteiger charge is 2.63. The Bertz CT molecular complexity index is 2300. The van der Waals surface area contributed by atoms with E-state index in [2.05, 4.69) is 20.5 Å². The number of aromatic nitrogens is 3. The second-order valence-electron chi connectivity index (χ2n) is 17.0. The van der Waals surface area contributed by atoms with Crippen LogP contribution >= 0.6 is 0 Å². The van der Waals surface area contributed by atoms with Gasteiger partial charge in [-0.15, -0.1) is 0 Å². The highest BCUT2D eigenvalue weighted by molar-refractivity contribution is 7.91. The van der Waals surface area contributed by atoms with Gasteiger partial charge in [0.25, 0.3) is 11.8 Å². The lowest BCUT2D eigenvalue weighted by Crippen LogP contribution is -2.58. The number of hydrogen-bond acceptors (Lipinski definition) is 11. The maximum Gasteiger partial charge on any atom is 0.272 e. The molecule has 2 aromatic heterocycles. The molecule has 4 fully saturated rings. The Labute approximate surface area is 343 Å². The van der Waals surface area contributed by atoms with Crippen molar-refractivity contribution in [2.24, 2.45) is 13.0 Å². The van der Waals surface area contributed by atoms with Gasteiger partial charge in [-0.2, -0.15) is 5.10 Å². The van der Waals surface area contributed by atoms with Gasteiger partial charge in [0.15, 0.2) is 0 Å². The lowest BCUT2D eigenvalue weighted by molar-refractivity contribution is -0.141. The van der Waals surface area contributed by atoms with E-state index >= 15 is 0 Å². The minimum Gasteiger partial charge on any atom is -0.496 e. The predicted molar refractivity (Wildman–Crippen MR) is 216 cm³/mol. The number of ether oxygens (including phenoxy) is 3. The van der Waals surface area contributed by atoms with Crippen molar-refractivity contribution >= 4 is 44.6 Å². The van der Waals surface area contributed by atoms with Crippen LogP contribution in [0, 0.1) is 12.8 Å². The average molecular weight is 832 g/mol. The number of nitrogens with zero attached hydrogens (tertiary/aromatic N) is 4. The number of amides is 4. The lowest BCUT2D eigenvalue weighted by Gasteiger charge is -2.30. The fraction of sp³-hybridized carbons (Fsp3) is 0.571. The number of benzene rings is 1. The first-order valence-electron chi connectivity index (χ1n) is 20.7. The molecule has 5 aliphatic rings. The lowest BCUT2D eigenvalue weighted by atomic mass is 9.96. The van der Waals surface area contributed by atoms with E-state index in [9.17, 15) is 27.6 Å². The Balaban J connectivity index is 1.13. The summed E-state index contributed by atoms with van der Waals surface area (Å²) in [5.41, 5.74) is 0.0459. The number of methoxy groups -OCH3 is 1. The number of nitrogens with one attached hydrogen (secondary N) is 3. The second kappa shape index (κ2) is 15.8. The van der Waals surface area contributed by atoms with Gasteiger partial charge in [0.2, 0.25) is 27.7 Å². The van der Waals surface area contributed by atoms with Crippen molar-refractivity contribution in [3.63, 3.8) is 0 Å². The number of hydrogen-bond donors (Lipinski definition) is 3. The van der Waals surface area contributed by atoms with Crippen LogP contribution in [0.3, 0.4) is 0 Å². The van der Waals surface area contributed by atoms with Gasteiger partial charge in [-0.25, -0.2) is 13.4 Å². The van der Waals surface area contributed by atoms with Crippen LogP contribution in [0.4, 0.5) is 0 Å². The Morgan fingerprint density at radius 1 is 1.00 bits per heavy atom. The molecule has 0 bridgehead atoms. The monoisotopic (exact) mass is 831 g/mol. The fourth-order valence-electron chi connectivity index (χ4n) is 8.29. The van der Waals surface area contributed by atoms with E-state index in [1.807, 2.05) is 31.2 Å². The van der Waals surface area contributed by atoms with Crippen LogP contribution in [0.5, 0.6) is 17.4 Å². The van der Waals surface area contributed by atoms with Crippen LogP contribution < -0.4 is 29.6 Å². The minimum absolute atomic E-state index is 0.0140. The molecule has 59 heavy (non-hydrogen) atoms. The number of rotatable bonds is 10. The van der Waals surface area contributed by atoms with E-state index in [-0.39, 0.29) is 31.2 Å². The van der Waals surface area contributed by atoms with E-state index in [0.717, 1.165) is 37.7 Å². The number of allylic oxidation sites excluding steroid dienone is 1. The van der Waals surface area contributed by atoms with E-state index < -0.39 is 68.0 Å². The molecule has 1 saturated heterocycles. The van der Waals surface area contributed by atoms with Gasteiger partial charge in [-0.1, -0.05) is 25.0 Å². The van der Waals surface area contributed by atoms with Gasteiger partial charge in [0.1, 0.15) is 47.0 Å². The van der Waals surface area contributed by atoms with Crippen LogP contribution in [0.15, 0.2) is 42.6 Å². The summed E-state index contributed by atoms with van der Waals surface area (Å²) >= 11 is 0. The quantitative estimate of drug-likeness (QED) is 0.252. The summed E-state index contributed by atoms with van der Waals surface area (Å²) < 4.78 is 47.8. The first-order valence-corrected chi connectivity index (χ1v) is 22.2. The minimum atomic E-state index is -4.00. The van der Waals surface area contributed by atoms with Crippen LogP contribution in [-0.2, 0) is 31.5 Å². The predicted octanol–water partition coefficient (Wildman–Crippen LogP) is 3.76. The molecule has 8 rings (SSSR count). The molecule has 5 atom stereocenters. The Morgan fingerprint density at radius 3 is 2.49 bits per heavy atom. The van der Waals surface area contributed by atoms with Crippen molar-refractivity contribution < 1.29 is 41.8 Å². The summed E-state index contributed by atoms with van der Waals surface area (Å²) in [4.78, 5) is 63.1. The molecule has 16 nitrogen and oxygen atoms in total. The molecular formula is C42H53N7O9S. The van der Waals surface area contributed by atoms with Crippen LogP contribution in [0.25, 0.3) is 10.9 Å². The zero-order chi connectivity index (χ0) is 41.7. The number of carbonyl (C=O) groups excluding carboxylic acids is 4. The Morgan fingerprint density at radius 2 is 1.80 bits per heavy atom. The van der Waals surface area contributed by atoms with Gasteiger partial charge in [0, 0.05) is 42.6 Å². The highest BCUT2D eigenvalue weighted by atomic mass is 32.2. The first kappa shape index (κ1) is 40.6. The number of pyridine rings is 1. The number of aryl methyl sites for hydroxylation is 2. The Kier molecular flexibility index (Phi) is 10.8. The van der Waals surface area contributed by atoms with E-state index in [1.165, 1.54) is 9.58 Å². The van der Waals surface area contributed by atoms with Crippen LogP contribution in [0.1, 0.15) is 100 Å². The van der Waals surface area contributed by atoms with Crippen molar-refractivity contribution in [3.8, 4) is 17.4 Å². The molecule has 4 heterocycles. The Hall–Kier alpha value is -5.19. The summed E-state index contributed by atoms with van der Waals surface area (Å²) in [6.07, 6.45) is 12.0. The van der Waals surface area contributed by atoms with Crippen molar-refractivity contribution in [3.05, 3.63) is 53.9 Å². The molecule has 3 saturated carbocycles. The molecule has 2 aliphatic heterocycles. The number of sulfonamides is 1. The normalized spacial score (nSPS) is 26.9. The summed E-state index contributed by atoms with van der Waals surface area (Å²) in [6.45, 7) is 3.49. The summed E-state index contributed by atoms with van der Waals surface area (Å²) in [5, 5.41) is 10.7. The zero-order valence-electron chi connectivity index (χ0n) is 34.0. The topological polar surface area (TPSA) is 200 Å². The molecule has 4 amide bonds. The van der Waals surface area contributed by atoms with Crippen LogP contribution in [-0.4, -0.2) is 99.9 Å². The molecular weight excluding hydrogens is 779 g/mol. The van der Waals surface area contributed by atoms with Gasteiger partial charge < -0.3 is 29.7 Å². The van der Waals surface area contributed by atoms with E-state index in [4.69, 9.17) is 19.2 Å². The standard InChI is InChI=1S/C42H53N7O9S/c1-25-33(56-4)16-15-29-34(22-35(44-36(25)29)58-27-12-10-13-27)57-28-21-32-38(51)45-42(40(53)47-59(54,55)41(2)18-19-41)23-26(42)11-8-6-5-7-9-14-31(39(52)49(32)24-28)43-37(50)30-17-20-48(3)46-30/h8,11,15-17,20,22,26-28,31-32H,5-7,9-10,12-14,18-19,21,23-24H2,1-4H3,(H,43,50)(H,45,51)(H,47,53). The average Bonchev–Trinajstić information content (AvgIpc) is 3.99. The molecule has 3 aliphatic carbocycles. The third kappa shape index (κ3) is 8.09. The first-order chi connectivity index (χ1) is 28.2. The number of fused-ring (bicyclic) bond motifs is 3. The van der Waals surface area contributed by atoms with E-state index in [0.29, 0.717) is 60.4 Å². The molecule has 3 N–H and O–H groups in total. The van der Waals surface area contributed by atoms with E-state index in [1.54, 1.807) is 39.4 Å². The van der Waals surface area contributed by atoms with Crippen LogP contribution in [0.2, 0.25) is 0 Å². The van der Waals surface area contributed by atoms with Gasteiger partial charge >= 0.3 is 0 Å². The molecule has 17 heteroatoms. The molecule has 0 radical (unpaired) electrons. The summed E-state index contributed by atoms with van der Waals surface area (Å²) in [6, 6.07) is 4.87. The van der Waals surface area contributed by atoms with Crippen molar-refractivity contribution in [1.82, 2.24) is 35.0 Å². The SMILES string of the molecule is COc1ccc2c(OC3CC4C(=O)NC5(C(=O)NS(=O)(=O)C6(C)CC6)CC5C=CCCCCCC(NC(=O)c5ccn(C)n5)C(=O)N4C3)cc(OC3CCC3)nc2c1C. The maximum atomic E-state index is 14.8. The number of carbonyl (C=O) groups is 4. The largest absolute Gasteiger partial charge is 0.496 e. The maximum absolute atomic E-state index is 14.8. The molecule has 5 unspecified atom stereocenters. The summed E-state index contributed by atoms with van der Waals surface area (Å²) in [7, 11) is -0.719. The van der Waals surface area contributed by atoms with Crippen molar-refractivity contribution in [2.75, 3.05) is 13.7 Å². The fourth-order valence-corrected chi connectivity index (χ4v) is 9.60. The third-order valence-corrected chi connectivity index (χ3v) is 14.9. The molecule has 1 aromatic carbocycles. The van der Waals surface area contributed by atoms with Gasteiger partial charge in [-0.05, 0) is 89.8 Å². The summed E-state index contributed by atoms with van der Waals surface area (Å²) in [5.74, 6) is -1.36. The van der Waals surface area contributed by atoms with Gasteiger partial charge in [-0.3, -0.25) is 28.6 Å². The smallest absolute Gasteiger partial charge is 0.272 e. The van der Waals surface area contributed by atoms with Crippen molar-refractivity contribution in [1.29, 1.82) is 0 Å². The molecule has 0 spiro atoms. The third-order valence-electron chi connectivity index (χ3n) is 12.7. The van der Waals surface area contributed by atoms with Gasteiger partial charge in [0.05, 0.1) is 23.9 Å². The zero-order valence-corrected chi connectivity index (χ0v) is 34.8. The molecule has 3 aromatic rings.